The SMILES string of the molecule is CC(=O)Nc1cccc(NC(=O)Nc2ccc(C)cc2N)c1. The van der Waals surface area contributed by atoms with E-state index in [2.05, 4.69) is 16.0 Å². The first-order valence-corrected chi connectivity index (χ1v) is 6.76. The van der Waals surface area contributed by atoms with Gasteiger partial charge in [0.15, 0.2) is 0 Å². The molecule has 0 aliphatic carbocycles. The predicted molar refractivity (Wildman–Crippen MR) is 89.0 cm³/mol. The lowest BCUT2D eigenvalue weighted by atomic mass is 10.2. The molecule has 6 nitrogen and oxygen atoms in total. The molecule has 114 valence electrons. The highest BCUT2D eigenvalue weighted by molar-refractivity contribution is 6.02. The Morgan fingerprint density at radius 3 is 2.27 bits per heavy atom. The topological polar surface area (TPSA) is 96.2 Å². The summed E-state index contributed by atoms with van der Waals surface area (Å²) in [5.41, 5.74) is 9.09. The average Bonchev–Trinajstić information content (AvgIpc) is 2.41. The van der Waals surface area contributed by atoms with Gasteiger partial charge in [-0.1, -0.05) is 12.1 Å². The van der Waals surface area contributed by atoms with E-state index < -0.39 is 6.03 Å². The van der Waals surface area contributed by atoms with E-state index in [4.69, 9.17) is 5.73 Å². The fraction of sp³-hybridized carbons (Fsp3) is 0.125. The van der Waals surface area contributed by atoms with E-state index in [1.54, 1.807) is 36.4 Å². The third-order valence-corrected chi connectivity index (χ3v) is 2.90. The second kappa shape index (κ2) is 6.62. The summed E-state index contributed by atoms with van der Waals surface area (Å²) in [4.78, 5) is 23.0. The molecule has 0 atom stereocenters. The minimum Gasteiger partial charge on any atom is -0.397 e. The number of hydrogen-bond donors (Lipinski definition) is 4. The van der Waals surface area contributed by atoms with Crippen LogP contribution in [-0.4, -0.2) is 11.9 Å². The third-order valence-electron chi connectivity index (χ3n) is 2.90. The first-order chi connectivity index (χ1) is 10.4. The number of urea groups is 1. The van der Waals surface area contributed by atoms with Gasteiger partial charge in [0.2, 0.25) is 5.91 Å². The molecule has 22 heavy (non-hydrogen) atoms. The molecule has 0 saturated carbocycles. The van der Waals surface area contributed by atoms with Crippen molar-refractivity contribution >= 4 is 34.7 Å². The van der Waals surface area contributed by atoms with Crippen LogP contribution >= 0.6 is 0 Å². The maximum atomic E-state index is 12.0. The summed E-state index contributed by atoms with van der Waals surface area (Å²) < 4.78 is 0. The number of nitrogens with two attached hydrogens (primary N) is 1. The number of nitrogens with one attached hydrogen (secondary N) is 3. The summed E-state index contributed by atoms with van der Waals surface area (Å²) in [6.07, 6.45) is 0. The van der Waals surface area contributed by atoms with Crippen LogP contribution in [0.4, 0.5) is 27.5 Å². The van der Waals surface area contributed by atoms with Gasteiger partial charge in [-0.25, -0.2) is 4.79 Å². The minimum atomic E-state index is -0.407. The van der Waals surface area contributed by atoms with Crippen molar-refractivity contribution < 1.29 is 9.59 Å². The Hall–Kier alpha value is -3.02. The largest absolute Gasteiger partial charge is 0.397 e. The van der Waals surface area contributed by atoms with Gasteiger partial charge in [0, 0.05) is 18.3 Å². The fourth-order valence-electron chi connectivity index (χ4n) is 1.96. The van der Waals surface area contributed by atoms with Crippen molar-refractivity contribution in [2.45, 2.75) is 13.8 Å². The molecule has 0 heterocycles. The zero-order valence-electron chi connectivity index (χ0n) is 12.4. The lowest BCUT2D eigenvalue weighted by Crippen LogP contribution is -2.20. The van der Waals surface area contributed by atoms with Crippen molar-refractivity contribution in [1.29, 1.82) is 0 Å². The van der Waals surface area contributed by atoms with Gasteiger partial charge in [-0.3, -0.25) is 4.79 Å². The molecule has 0 bridgehead atoms. The number of rotatable bonds is 3. The molecule has 2 rings (SSSR count). The highest BCUT2D eigenvalue weighted by Gasteiger charge is 2.06. The van der Waals surface area contributed by atoms with E-state index in [0.717, 1.165) is 5.56 Å². The Bertz CT molecular complexity index is 713. The summed E-state index contributed by atoms with van der Waals surface area (Å²) >= 11 is 0. The first kappa shape index (κ1) is 15.4. The second-order valence-electron chi connectivity index (χ2n) is 4.93. The molecule has 0 aliphatic rings. The molecule has 0 aliphatic heterocycles. The van der Waals surface area contributed by atoms with Crippen molar-refractivity contribution in [1.82, 2.24) is 0 Å². The molecule has 0 radical (unpaired) electrons. The van der Waals surface area contributed by atoms with Crippen molar-refractivity contribution in [2.75, 3.05) is 21.7 Å². The molecule has 0 unspecified atom stereocenters. The molecule has 0 fully saturated rings. The normalized spacial score (nSPS) is 9.91. The standard InChI is InChI=1S/C16H18N4O2/c1-10-6-7-15(14(17)8-10)20-16(22)19-13-5-3-4-12(9-13)18-11(2)21/h3-9H,17H2,1-2H3,(H,18,21)(H2,19,20,22). The van der Waals surface area contributed by atoms with E-state index in [1.165, 1.54) is 6.92 Å². The Balaban J connectivity index is 2.04. The van der Waals surface area contributed by atoms with Crippen molar-refractivity contribution in [3.05, 3.63) is 48.0 Å². The van der Waals surface area contributed by atoms with E-state index in [1.807, 2.05) is 13.0 Å². The van der Waals surface area contributed by atoms with Gasteiger partial charge in [0.25, 0.3) is 0 Å². The van der Waals surface area contributed by atoms with Crippen LogP contribution in [0.2, 0.25) is 0 Å². The highest BCUT2D eigenvalue weighted by Crippen LogP contribution is 2.20. The second-order valence-corrected chi connectivity index (χ2v) is 4.93. The molecule has 2 aromatic rings. The van der Waals surface area contributed by atoms with Crippen LogP contribution in [0.5, 0.6) is 0 Å². The third kappa shape index (κ3) is 4.24. The molecule has 0 aromatic heterocycles. The van der Waals surface area contributed by atoms with Gasteiger partial charge in [-0.15, -0.1) is 0 Å². The number of hydrogen-bond acceptors (Lipinski definition) is 3. The van der Waals surface area contributed by atoms with Crippen molar-refractivity contribution in [3.63, 3.8) is 0 Å². The van der Waals surface area contributed by atoms with Crippen molar-refractivity contribution in [2.24, 2.45) is 0 Å². The van der Waals surface area contributed by atoms with Crippen LogP contribution in [0.25, 0.3) is 0 Å². The molecule has 0 spiro atoms. The molecular weight excluding hydrogens is 280 g/mol. The monoisotopic (exact) mass is 298 g/mol. The van der Waals surface area contributed by atoms with Crippen molar-refractivity contribution in [3.8, 4) is 0 Å². The van der Waals surface area contributed by atoms with E-state index in [0.29, 0.717) is 22.7 Å². The zero-order valence-corrected chi connectivity index (χ0v) is 12.4. The van der Waals surface area contributed by atoms with Gasteiger partial charge in [0.1, 0.15) is 0 Å². The van der Waals surface area contributed by atoms with E-state index in [-0.39, 0.29) is 5.91 Å². The first-order valence-electron chi connectivity index (χ1n) is 6.76. The van der Waals surface area contributed by atoms with Crippen LogP contribution in [0.3, 0.4) is 0 Å². The number of amides is 3. The van der Waals surface area contributed by atoms with E-state index in [9.17, 15) is 9.59 Å². The molecule has 2 aromatic carbocycles. The molecule has 3 amide bonds. The Morgan fingerprint density at radius 2 is 1.64 bits per heavy atom. The number of benzene rings is 2. The van der Waals surface area contributed by atoms with Gasteiger partial charge < -0.3 is 21.7 Å². The van der Waals surface area contributed by atoms with Gasteiger partial charge in [-0.05, 0) is 42.8 Å². The summed E-state index contributed by atoms with van der Waals surface area (Å²) in [6, 6.07) is 11.9. The molecule has 0 saturated heterocycles. The van der Waals surface area contributed by atoms with Crippen LogP contribution < -0.4 is 21.7 Å². The number of carbonyl (C=O) groups excluding carboxylic acids is 2. The lowest BCUT2D eigenvalue weighted by Gasteiger charge is -2.11. The number of nitrogen functional groups attached to an aromatic ring is 1. The number of anilines is 4. The summed E-state index contributed by atoms with van der Waals surface area (Å²) in [7, 11) is 0. The molecule has 6 heteroatoms. The maximum absolute atomic E-state index is 12.0. The minimum absolute atomic E-state index is 0.172. The van der Waals surface area contributed by atoms with Crippen LogP contribution in [-0.2, 0) is 4.79 Å². The zero-order chi connectivity index (χ0) is 16.1. The summed E-state index contributed by atoms with van der Waals surface area (Å²) in [5.74, 6) is -0.172. The van der Waals surface area contributed by atoms with Crippen LogP contribution in [0.15, 0.2) is 42.5 Å². The Kier molecular flexibility index (Phi) is 4.63. The fourth-order valence-corrected chi connectivity index (χ4v) is 1.96. The lowest BCUT2D eigenvalue weighted by molar-refractivity contribution is -0.114. The van der Waals surface area contributed by atoms with Crippen LogP contribution in [0, 0.1) is 6.92 Å². The predicted octanol–water partition coefficient (Wildman–Crippen LogP) is 3.18. The van der Waals surface area contributed by atoms with Crippen LogP contribution in [0.1, 0.15) is 12.5 Å². The molecule has 5 N–H and O–H groups in total. The maximum Gasteiger partial charge on any atom is 0.323 e. The number of carbonyl (C=O) groups is 2. The molecular formula is C16H18N4O2. The van der Waals surface area contributed by atoms with Gasteiger partial charge in [-0.2, -0.15) is 0 Å². The van der Waals surface area contributed by atoms with Gasteiger partial charge >= 0.3 is 6.03 Å². The summed E-state index contributed by atoms with van der Waals surface area (Å²) in [6.45, 7) is 3.35. The quantitative estimate of drug-likeness (QED) is 0.655. The average molecular weight is 298 g/mol. The Labute approximate surface area is 128 Å². The Morgan fingerprint density at radius 1 is 0.955 bits per heavy atom. The number of aryl methyl sites for hydroxylation is 1. The highest BCUT2D eigenvalue weighted by atomic mass is 16.2. The van der Waals surface area contributed by atoms with E-state index >= 15 is 0 Å². The summed E-state index contributed by atoms with van der Waals surface area (Å²) in [5, 5.41) is 8.03. The van der Waals surface area contributed by atoms with Gasteiger partial charge in [0.05, 0.1) is 11.4 Å². The smallest absolute Gasteiger partial charge is 0.323 e.